The van der Waals surface area contributed by atoms with Crippen LogP contribution in [0.3, 0.4) is 0 Å². The molecule has 3 aromatic rings. The van der Waals surface area contributed by atoms with E-state index in [-0.39, 0.29) is 11.8 Å². The van der Waals surface area contributed by atoms with Gasteiger partial charge in [0, 0.05) is 21.3 Å². The van der Waals surface area contributed by atoms with Crippen LogP contribution in [0, 0.1) is 12.8 Å². The van der Waals surface area contributed by atoms with E-state index in [0.29, 0.717) is 32.3 Å². The maximum absolute atomic E-state index is 12.9. The van der Waals surface area contributed by atoms with Gasteiger partial charge in [-0.25, -0.2) is 4.79 Å². The molecule has 0 unspecified atom stereocenters. The molecule has 1 aromatic heterocycles. The predicted molar refractivity (Wildman–Crippen MR) is 131 cm³/mol. The van der Waals surface area contributed by atoms with Crippen molar-refractivity contribution in [3.63, 3.8) is 0 Å². The third-order valence-electron chi connectivity index (χ3n) is 4.94. The summed E-state index contributed by atoms with van der Waals surface area (Å²) in [5.41, 5.74) is 2.25. The predicted octanol–water partition coefficient (Wildman–Crippen LogP) is 6.00. The van der Waals surface area contributed by atoms with Gasteiger partial charge >= 0.3 is 6.03 Å². The molecule has 0 aliphatic carbocycles. The number of nitrogens with zero attached hydrogens (tertiary/aromatic N) is 2. The molecule has 168 valence electrons. The summed E-state index contributed by atoms with van der Waals surface area (Å²) < 4.78 is 0. The van der Waals surface area contributed by atoms with Gasteiger partial charge < -0.3 is 10.6 Å². The fraction of sp³-hybridized carbons (Fsp3) is 0.273. The highest BCUT2D eigenvalue weighted by atomic mass is 35.5. The van der Waals surface area contributed by atoms with Gasteiger partial charge in [0.25, 0.3) is 0 Å². The highest BCUT2D eigenvalue weighted by Crippen LogP contribution is 2.28. The summed E-state index contributed by atoms with van der Waals surface area (Å²) in [4.78, 5) is 25.5. The second-order valence-electron chi connectivity index (χ2n) is 7.34. The first-order valence-corrected chi connectivity index (χ1v) is 11.6. The van der Waals surface area contributed by atoms with Crippen molar-refractivity contribution in [1.82, 2.24) is 15.5 Å². The Morgan fingerprint density at radius 3 is 2.56 bits per heavy atom. The molecule has 3 N–H and O–H groups in total. The van der Waals surface area contributed by atoms with E-state index in [1.165, 1.54) is 11.3 Å². The van der Waals surface area contributed by atoms with Gasteiger partial charge in [-0.05, 0) is 42.7 Å². The van der Waals surface area contributed by atoms with Gasteiger partial charge in [0.15, 0.2) is 0 Å². The van der Waals surface area contributed by atoms with Gasteiger partial charge in [-0.1, -0.05) is 73.0 Å². The van der Waals surface area contributed by atoms with Crippen molar-refractivity contribution >= 4 is 57.3 Å². The summed E-state index contributed by atoms with van der Waals surface area (Å²) in [5, 5.41) is 18.5. The summed E-state index contributed by atoms with van der Waals surface area (Å²) in [6.45, 7) is 5.72. The van der Waals surface area contributed by atoms with Crippen molar-refractivity contribution in [1.29, 1.82) is 0 Å². The first-order chi connectivity index (χ1) is 15.3. The molecule has 0 spiro atoms. The fourth-order valence-corrected chi connectivity index (χ4v) is 3.99. The van der Waals surface area contributed by atoms with Crippen LogP contribution < -0.4 is 16.0 Å². The third kappa shape index (κ3) is 6.18. The van der Waals surface area contributed by atoms with Crippen LogP contribution in [0.4, 0.5) is 15.6 Å². The van der Waals surface area contributed by atoms with Crippen molar-refractivity contribution in [3.05, 3.63) is 58.1 Å². The Morgan fingerprint density at radius 2 is 1.88 bits per heavy atom. The number of aromatic nitrogens is 2. The number of nitrogens with one attached hydrogen (secondary N) is 3. The van der Waals surface area contributed by atoms with Crippen LogP contribution in [0.25, 0.3) is 10.6 Å². The van der Waals surface area contributed by atoms with Crippen LogP contribution >= 0.6 is 34.5 Å². The Morgan fingerprint density at radius 1 is 1.09 bits per heavy atom. The molecule has 0 bridgehead atoms. The Bertz CT molecular complexity index is 1120. The molecular weight excluding hydrogens is 469 g/mol. The van der Waals surface area contributed by atoms with E-state index in [1.807, 2.05) is 39.0 Å². The molecule has 10 heteroatoms. The van der Waals surface area contributed by atoms with Gasteiger partial charge in [0.2, 0.25) is 11.0 Å². The second-order valence-corrected chi connectivity index (χ2v) is 9.16. The number of carbonyl (C=O) groups is 2. The van der Waals surface area contributed by atoms with Crippen LogP contribution in [0.2, 0.25) is 10.0 Å². The highest BCUT2D eigenvalue weighted by Gasteiger charge is 2.27. The Hall–Kier alpha value is -2.68. The molecule has 3 amide bonds. The molecule has 0 radical (unpaired) electrons. The standard InChI is InChI=1S/C22H23Cl2N5O2S/c1-4-12(2)18(26-21(31)25-16-9-8-13(3)17(24)11-16)19(30)27-22-29-28-20(32-22)14-6-5-7-15(23)10-14/h5-12,18H,4H2,1-3H3,(H2,25,26,31)(H,27,29,30)/t12-,18-/m0/s1. The first-order valence-electron chi connectivity index (χ1n) is 10.0. The van der Waals surface area contributed by atoms with Crippen LogP contribution in [0.5, 0.6) is 0 Å². The molecule has 0 aliphatic heterocycles. The zero-order valence-corrected chi connectivity index (χ0v) is 20.1. The van der Waals surface area contributed by atoms with Crippen molar-refractivity contribution in [2.75, 3.05) is 10.6 Å². The number of urea groups is 1. The maximum atomic E-state index is 12.9. The van der Waals surface area contributed by atoms with Crippen LogP contribution in [-0.2, 0) is 4.79 Å². The van der Waals surface area contributed by atoms with E-state index in [9.17, 15) is 9.59 Å². The van der Waals surface area contributed by atoms with Crippen LogP contribution in [0.1, 0.15) is 25.8 Å². The molecule has 0 aliphatic rings. The minimum absolute atomic E-state index is 0.109. The lowest BCUT2D eigenvalue weighted by molar-refractivity contribution is -0.119. The number of halogens is 2. The Kier molecular flexibility index (Phi) is 8.06. The summed E-state index contributed by atoms with van der Waals surface area (Å²) in [6, 6.07) is 11.2. The zero-order valence-electron chi connectivity index (χ0n) is 17.8. The molecule has 7 nitrogen and oxygen atoms in total. The van der Waals surface area contributed by atoms with Gasteiger partial charge in [-0.2, -0.15) is 0 Å². The van der Waals surface area contributed by atoms with Gasteiger partial charge in [-0.15, -0.1) is 10.2 Å². The monoisotopic (exact) mass is 491 g/mol. The average Bonchev–Trinajstić information content (AvgIpc) is 3.22. The molecule has 32 heavy (non-hydrogen) atoms. The summed E-state index contributed by atoms with van der Waals surface area (Å²) in [5.74, 6) is -0.479. The average molecular weight is 492 g/mol. The van der Waals surface area contributed by atoms with Crippen LogP contribution in [-0.4, -0.2) is 28.2 Å². The minimum Gasteiger partial charge on any atom is -0.326 e. The second kappa shape index (κ2) is 10.8. The highest BCUT2D eigenvalue weighted by molar-refractivity contribution is 7.18. The summed E-state index contributed by atoms with van der Waals surface area (Å²) in [7, 11) is 0. The molecular formula is C22H23Cl2N5O2S. The van der Waals surface area contributed by atoms with Crippen molar-refractivity contribution < 1.29 is 9.59 Å². The normalized spacial score (nSPS) is 12.7. The van der Waals surface area contributed by atoms with E-state index in [4.69, 9.17) is 23.2 Å². The Labute approximate surface area is 200 Å². The molecule has 2 aromatic carbocycles. The fourth-order valence-electron chi connectivity index (χ4n) is 2.88. The van der Waals surface area contributed by atoms with E-state index in [2.05, 4.69) is 26.1 Å². The lowest BCUT2D eigenvalue weighted by atomic mass is 9.98. The maximum Gasteiger partial charge on any atom is 0.319 e. The molecule has 0 saturated heterocycles. The number of hydrogen-bond acceptors (Lipinski definition) is 5. The van der Waals surface area contributed by atoms with E-state index in [0.717, 1.165) is 11.1 Å². The molecule has 3 rings (SSSR count). The minimum atomic E-state index is -0.764. The lowest BCUT2D eigenvalue weighted by Gasteiger charge is -2.23. The first kappa shape index (κ1) is 24.0. The molecule has 2 atom stereocenters. The van der Waals surface area contributed by atoms with Crippen LogP contribution in [0.15, 0.2) is 42.5 Å². The van der Waals surface area contributed by atoms with Crippen molar-refractivity contribution in [2.24, 2.45) is 5.92 Å². The number of rotatable bonds is 7. The molecule has 0 fully saturated rings. The smallest absolute Gasteiger partial charge is 0.319 e. The lowest BCUT2D eigenvalue weighted by Crippen LogP contribution is -2.49. The van der Waals surface area contributed by atoms with E-state index in [1.54, 1.807) is 24.3 Å². The number of aryl methyl sites for hydroxylation is 1. The van der Waals surface area contributed by atoms with Gasteiger partial charge in [0.05, 0.1) is 0 Å². The van der Waals surface area contributed by atoms with E-state index < -0.39 is 12.1 Å². The SMILES string of the molecule is CC[C@H](C)[C@H](NC(=O)Nc1ccc(C)c(Cl)c1)C(=O)Nc1nnc(-c2cccc(Cl)c2)s1. The number of benzene rings is 2. The van der Waals surface area contributed by atoms with Crippen molar-refractivity contribution in [3.8, 4) is 10.6 Å². The van der Waals surface area contributed by atoms with Gasteiger partial charge in [-0.3, -0.25) is 10.1 Å². The topological polar surface area (TPSA) is 96.0 Å². The van der Waals surface area contributed by atoms with E-state index >= 15 is 0 Å². The number of anilines is 2. The quantitative estimate of drug-likeness (QED) is 0.377. The number of hydrogen-bond donors (Lipinski definition) is 3. The Balaban J connectivity index is 1.68. The number of amides is 3. The molecule has 1 heterocycles. The number of carbonyl (C=O) groups excluding carboxylic acids is 2. The summed E-state index contributed by atoms with van der Waals surface area (Å²) in [6.07, 6.45) is 0.693. The zero-order chi connectivity index (χ0) is 23.3. The third-order valence-corrected chi connectivity index (χ3v) is 6.47. The van der Waals surface area contributed by atoms with Crippen molar-refractivity contribution in [2.45, 2.75) is 33.2 Å². The molecule has 0 saturated carbocycles. The largest absolute Gasteiger partial charge is 0.326 e. The summed E-state index contributed by atoms with van der Waals surface area (Å²) >= 11 is 13.4. The van der Waals surface area contributed by atoms with Gasteiger partial charge in [0.1, 0.15) is 11.0 Å².